The van der Waals surface area contributed by atoms with Gasteiger partial charge in [-0.05, 0) is 45.2 Å². The van der Waals surface area contributed by atoms with E-state index in [0.29, 0.717) is 12.0 Å². The maximum atomic E-state index is 13.3. The Bertz CT molecular complexity index is 1510. The lowest BCUT2D eigenvalue weighted by atomic mass is 10.0. The van der Waals surface area contributed by atoms with Crippen LogP contribution in [-0.4, -0.2) is 110 Å². The van der Waals surface area contributed by atoms with Gasteiger partial charge in [0.15, 0.2) is 6.04 Å². The van der Waals surface area contributed by atoms with Crippen molar-refractivity contribution in [1.82, 2.24) is 31.2 Å². The molecule has 1 aliphatic rings. The SMILES string of the molecule is C[C@H]([NH3+])C(=O)N[C@H](C(=O)N1CCC[C@H]1C(=O)N[C@@H](C)C(=O)N[C@@H](Cc1c[nH]c2ccccc12)C(=O)N[C@@H](CC(N)=O)C(=O)O)[C@@H](C)O. The summed E-state index contributed by atoms with van der Waals surface area (Å²) in [5.74, 6) is -6.01. The normalized spacial score (nSPS) is 18.2. The molecule has 1 aliphatic heterocycles. The summed E-state index contributed by atoms with van der Waals surface area (Å²) in [5.41, 5.74) is 10.1. The lowest BCUT2D eigenvalue weighted by molar-refractivity contribution is -0.398. The van der Waals surface area contributed by atoms with Gasteiger partial charge < -0.3 is 52.8 Å². The van der Waals surface area contributed by atoms with E-state index in [1.807, 2.05) is 12.1 Å². The largest absolute Gasteiger partial charge is 0.480 e. The molecule has 12 N–H and O–H groups in total. The van der Waals surface area contributed by atoms with Gasteiger partial charge in [-0.1, -0.05) is 18.2 Å². The van der Waals surface area contributed by atoms with Crippen LogP contribution in [0.3, 0.4) is 0 Å². The number of aliphatic hydroxyl groups excluding tert-OH is 1. The molecule has 1 fully saturated rings. The number of hydrogen-bond donors (Lipinski definition) is 9. The van der Waals surface area contributed by atoms with Crippen LogP contribution in [0.2, 0.25) is 0 Å². The van der Waals surface area contributed by atoms with Crippen molar-refractivity contribution in [3.63, 3.8) is 0 Å². The molecule has 17 heteroatoms. The molecular weight excluding hydrogens is 616 g/mol. The second-order valence-corrected chi connectivity index (χ2v) is 11.7. The number of hydrogen-bond acceptors (Lipinski definition) is 8. The number of quaternary nitrogens is 1. The Morgan fingerprint density at radius 2 is 1.64 bits per heavy atom. The van der Waals surface area contributed by atoms with E-state index in [2.05, 4.69) is 32.0 Å². The molecule has 1 aromatic heterocycles. The van der Waals surface area contributed by atoms with Gasteiger partial charge in [0.05, 0.1) is 12.5 Å². The summed E-state index contributed by atoms with van der Waals surface area (Å²) < 4.78 is 0. The van der Waals surface area contributed by atoms with Gasteiger partial charge >= 0.3 is 5.97 Å². The number of aromatic nitrogens is 1. The van der Waals surface area contributed by atoms with Crippen molar-refractivity contribution in [2.24, 2.45) is 5.73 Å². The van der Waals surface area contributed by atoms with Gasteiger partial charge in [-0.3, -0.25) is 28.8 Å². The van der Waals surface area contributed by atoms with Gasteiger partial charge in [0.2, 0.25) is 29.5 Å². The standard InChI is InChI=1S/C30H42N8O9/c1-14(31)25(41)37-24(16(3)39)29(45)38-10-6-9-22(38)28(44)34-15(2)26(42)35-20(27(43)36-21(30(46)47)12-23(32)40)11-17-13-33-19-8-5-4-7-18(17)19/h4-5,7-8,13-16,20-22,24,33,39H,6,9-12,31H2,1-3H3,(H2,32,40)(H,34,44)(H,35,42)(H,36,43)(H,37,41)(H,46,47)/p+1/t14-,15-,16+,20-,21-,22-,24-/m0/s1. The number of benzene rings is 1. The van der Waals surface area contributed by atoms with E-state index in [-0.39, 0.29) is 19.4 Å². The molecule has 2 aromatic rings. The van der Waals surface area contributed by atoms with E-state index in [9.17, 15) is 43.8 Å². The average molecular weight is 660 g/mol. The number of primary amides is 1. The van der Waals surface area contributed by atoms with Crippen LogP contribution < -0.4 is 32.7 Å². The van der Waals surface area contributed by atoms with Crippen LogP contribution in [0.5, 0.6) is 0 Å². The Labute approximate surface area is 270 Å². The molecule has 47 heavy (non-hydrogen) atoms. The zero-order chi connectivity index (χ0) is 35.0. The molecule has 3 rings (SSSR count). The fourth-order valence-corrected chi connectivity index (χ4v) is 5.24. The number of para-hydroxylation sites is 1. The van der Waals surface area contributed by atoms with E-state index in [4.69, 9.17) is 5.73 Å². The number of nitrogens with zero attached hydrogens (tertiary/aromatic N) is 1. The summed E-state index contributed by atoms with van der Waals surface area (Å²) in [6.07, 6.45) is 0.357. The van der Waals surface area contributed by atoms with Gasteiger partial charge in [-0.2, -0.15) is 0 Å². The van der Waals surface area contributed by atoms with Crippen LogP contribution >= 0.6 is 0 Å². The Hall–Kier alpha value is -5.03. The molecule has 0 aliphatic carbocycles. The van der Waals surface area contributed by atoms with E-state index in [1.54, 1.807) is 18.3 Å². The maximum absolute atomic E-state index is 13.3. The second kappa shape index (κ2) is 16.0. The molecule has 0 spiro atoms. The first-order valence-electron chi connectivity index (χ1n) is 15.2. The second-order valence-electron chi connectivity index (χ2n) is 11.7. The Morgan fingerprint density at radius 1 is 0.979 bits per heavy atom. The number of carboxylic acid groups (broad SMARTS) is 1. The number of nitrogens with two attached hydrogens (primary N) is 1. The molecule has 1 aromatic carbocycles. The third kappa shape index (κ3) is 9.49. The number of amides is 6. The average Bonchev–Trinajstić information content (AvgIpc) is 3.66. The first-order valence-corrected chi connectivity index (χ1v) is 15.2. The maximum Gasteiger partial charge on any atom is 0.326 e. The first kappa shape index (κ1) is 36.4. The highest BCUT2D eigenvalue weighted by Gasteiger charge is 2.40. The highest BCUT2D eigenvalue weighted by Crippen LogP contribution is 2.21. The van der Waals surface area contributed by atoms with Gasteiger partial charge in [0.25, 0.3) is 5.91 Å². The highest BCUT2D eigenvalue weighted by molar-refractivity contribution is 5.97. The van der Waals surface area contributed by atoms with Crippen molar-refractivity contribution in [2.75, 3.05) is 6.54 Å². The van der Waals surface area contributed by atoms with Crippen molar-refractivity contribution < 1.29 is 49.5 Å². The van der Waals surface area contributed by atoms with Gasteiger partial charge in [0, 0.05) is 30.1 Å². The number of carbonyl (C=O) groups is 7. The molecule has 0 unspecified atom stereocenters. The Balaban J connectivity index is 1.75. The van der Waals surface area contributed by atoms with Crippen LogP contribution in [0.1, 0.15) is 45.6 Å². The summed E-state index contributed by atoms with van der Waals surface area (Å²) >= 11 is 0. The van der Waals surface area contributed by atoms with E-state index in [0.717, 1.165) is 10.9 Å². The van der Waals surface area contributed by atoms with Crippen LogP contribution in [0.15, 0.2) is 30.5 Å². The summed E-state index contributed by atoms with van der Waals surface area (Å²) in [4.78, 5) is 92.8. The number of carbonyl (C=O) groups excluding carboxylic acids is 6. The van der Waals surface area contributed by atoms with Crippen LogP contribution in [0.4, 0.5) is 0 Å². The zero-order valence-corrected chi connectivity index (χ0v) is 26.4. The minimum Gasteiger partial charge on any atom is -0.480 e. The summed E-state index contributed by atoms with van der Waals surface area (Å²) in [6.45, 7) is 4.41. The first-order chi connectivity index (χ1) is 22.1. The van der Waals surface area contributed by atoms with Crippen molar-refractivity contribution in [3.8, 4) is 0 Å². The number of nitrogens with one attached hydrogen (secondary N) is 5. The fourth-order valence-electron chi connectivity index (χ4n) is 5.24. The number of aliphatic hydroxyl groups is 1. The van der Waals surface area contributed by atoms with E-state index < -0.39 is 90.2 Å². The topological polar surface area (TPSA) is 281 Å². The summed E-state index contributed by atoms with van der Waals surface area (Å²) in [7, 11) is 0. The van der Waals surface area contributed by atoms with Crippen molar-refractivity contribution in [1.29, 1.82) is 0 Å². The number of likely N-dealkylation sites (tertiary alicyclic amines) is 1. The highest BCUT2D eigenvalue weighted by atomic mass is 16.4. The number of carboxylic acids is 1. The number of aromatic amines is 1. The van der Waals surface area contributed by atoms with Gasteiger partial charge in [0.1, 0.15) is 30.2 Å². The lowest BCUT2D eigenvalue weighted by Gasteiger charge is -2.30. The number of fused-ring (bicyclic) bond motifs is 1. The molecular formula is C30H43N8O9+. The van der Waals surface area contributed by atoms with Crippen molar-refractivity contribution in [2.45, 2.75) is 88.8 Å². The molecule has 256 valence electrons. The smallest absolute Gasteiger partial charge is 0.326 e. The van der Waals surface area contributed by atoms with Crippen LogP contribution in [0.25, 0.3) is 10.9 Å². The van der Waals surface area contributed by atoms with Crippen molar-refractivity contribution >= 4 is 52.3 Å². The molecule has 2 heterocycles. The minimum absolute atomic E-state index is 0.0750. The lowest BCUT2D eigenvalue weighted by Crippen LogP contribution is -2.68. The Morgan fingerprint density at radius 3 is 2.26 bits per heavy atom. The van der Waals surface area contributed by atoms with Gasteiger partial charge in [-0.15, -0.1) is 0 Å². The third-order valence-corrected chi connectivity index (χ3v) is 7.84. The Kier molecular flexibility index (Phi) is 12.4. The number of H-pyrrole nitrogens is 1. The third-order valence-electron chi connectivity index (χ3n) is 7.84. The summed E-state index contributed by atoms with van der Waals surface area (Å²) in [5, 5.41) is 30.3. The van der Waals surface area contributed by atoms with E-state index >= 15 is 0 Å². The predicted octanol–water partition coefficient (Wildman–Crippen LogP) is -3.37. The zero-order valence-electron chi connectivity index (χ0n) is 26.4. The molecule has 6 amide bonds. The number of rotatable bonds is 15. The van der Waals surface area contributed by atoms with Crippen molar-refractivity contribution in [3.05, 3.63) is 36.0 Å². The molecule has 1 saturated heterocycles. The molecule has 0 radical (unpaired) electrons. The van der Waals surface area contributed by atoms with E-state index in [1.165, 1.54) is 25.7 Å². The predicted molar refractivity (Wildman–Crippen MR) is 166 cm³/mol. The van der Waals surface area contributed by atoms with Crippen LogP contribution in [-0.2, 0) is 40.0 Å². The molecule has 0 saturated carbocycles. The molecule has 17 nitrogen and oxygen atoms in total. The quantitative estimate of drug-likeness (QED) is 0.0921. The minimum atomic E-state index is -1.64. The van der Waals surface area contributed by atoms with Gasteiger partial charge in [-0.25, -0.2) is 4.79 Å². The molecule has 7 atom stereocenters. The number of aliphatic carboxylic acids is 1. The van der Waals surface area contributed by atoms with Crippen LogP contribution in [0, 0.1) is 0 Å². The fraction of sp³-hybridized carbons (Fsp3) is 0.500. The monoisotopic (exact) mass is 659 g/mol. The summed E-state index contributed by atoms with van der Waals surface area (Å²) in [6, 6.07) is 0.0287. The molecule has 0 bridgehead atoms.